The van der Waals surface area contributed by atoms with Gasteiger partial charge in [-0.3, -0.25) is 14.7 Å². The van der Waals surface area contributed by atoms with Crippen molar-refractivity contribution in [2.75, 3.05) is 31.9 Å². The van der Waals surface area contributed by atoms with E-state index in [-0.39, 0.29) is 0 Å². The zero-order chi connectivity index (χ0) is 20.2. The quantitative estimate of drug-likeness (QED) is 0.585. The molecule has 1 amide bonds. The van der Waals surface area contributed by atoms with Gasteiger partial charge in [-0.15, -0.1) is 0 Å². The number of hydrogen-bond acceptors (Lipinski definition) is 5. The van der Waals surface area contributed by atoms with E-state index < -0.39 is 0 Å². The van der Waals surface area contributed by atoms with Gasteiger partial charge in [-0.25, -0.2) is 0 Å². The maximum atomic E-state index is 11.0. The van der Waals surface area contributed by atoms with Gasteiger partial charge < -0.3 is 16.0 Å². The van der Waals surface area contributed by atoms with E-state index in [0.29, 0.717) is 17.2 Å². The molecule has 2 aliphatic heterocycles. The van der Waals surface area contributed by atoms with Gasteiger partial charge in [-0.05, 0) is 50.4 Å². The Hall–Kier alpha value is -2.73. The lowest BCUT2D eigenvalue weighted by Crippen LogP contribution is -2.32. The van der Waals surface area contributed by atoms with Crippen molar-refractivity contribution in [3.8, 4) is 11.3 Å². The summed E-state index contributed by atoms with van der Waals surface area (Å²) in [5, 5.41) is 7.78. The van der Waals surface area contributed by atoms with Crippen LogP contribution in [0.2, 0.25) is 0 Å². The van der Waals surface area contributed by atoms with Crippen LogP contribution < -0.4 is 5.73 Å². The molecule has 29 heavy (non-hydrogen) atoms. The van der Waals surface area contributed by atoms with Gasteiger partial charge in [-0.1, -0.05) is 24.3 Å². The second-order valence-electron chi connectivity index (χ2n) is 8.14. The summed E-state index contributed by atoms with van der Waals surface area (Å²) in [6.45, 7) is 4.86. The first kappa shape index (κ1) is 19.6. The molecule has 0 unspecified atom stereocenters. The number of piperidine rings is 1. The minimum absolute atomic E-state index is 0.290. The SMILES string of the molecule is N=Cc1cc(C2CCN(C=O)CC2)nc(-c2ccc(CN3CCCC3)cc2)c1N. The molecule has 4 rings (SSSR count). The second kappa shape index (κ2) is 8.74. The summed E-state index contributed by atoms with van der Waals surface area (Å²) in [5.74, 6) is 0.290. The van der Waals surface area contributed by atoms with Gasteiger partial charge in [0.25, 0.3) is 0 Å². The average molecular weight is 392 g/mol. The Balaban J connectivity index is 1.59. The number of hydrogen-bond donors (Lipinski definition) is 2. The molecule has 6 heteroatoms. The van der Waals surface area contributed by atoms with Crippen LogP contribution in [-0.4, -0.2) is 53.6 Å². The van der Waals surface area contributed by atoms with Crippen molar-refractivity contribution in [2.45, 2.75) is 38.1 Å². The first-order valence-electron chi connectivity index (χ1n) is 10.5. The van der Waals surface area contributed by atoms with Crippen LogP contribution in [0.1, 0.15) is 48.4 Å². The number of carbonyl (C=O) groups is 1. The first-order valence-corrected chi connectivity index (χ1v) is 10.5. The first-order chi connectivity index (χ1) is 14.2. The Morgan fingerprint density at radius 1 is 1.10 bits per heavy atom. The highest BCUT2D eigenvalue weighted by Gasteiger charge is 2.23. The van der Waals surface area contributed by atoms with E-state index >= 15 is 0 Å². The third kappa shape index (κ3) is 4.32. The molecule has 3 heterocycles. The van der Waals surface area contributed by atoms with Crippen LogP contribution in [0.4, 0.5) is 5.69 Å². The summed E-state index contributed by atoms with van der Waals surface area (Å²) in [6.07, 6.45) is 6.60. The summed E-state index contributed by atoms with van der Waals surface area (Å²) in [6, 6.07) is 10.4. The lowest BCUT2D eigenvalue weighted by Gasteiger charge is -2.29. The number of carbonyl (C=O) groups excluding carboxylic acids is 1. The number of nitrogens with one attached hydrogen (secondary N) is 1. The summed E-state index contributed by atoms with van der Waals surface area (Å²) < 4.78 is 0. The Bertz CT molecular complexity index is 866. The number of rotatable bonds is 6. The number of anilines is 1. The predicted molar refractivity (Wildman–Crippen MR) is 116 cm³/mol. The number of nitrogens with two attached hydrogens (primary N) is 1. The van der Waals surface area contributed by atoms with Gasteiger partial charge in [0.2, 0.25) is 6.41 Å². The maximum Gasteiger partial charge on any atom is 0.209 e. The van der Waals surface area contributed by atoms with E-state index in [4.69, 9.17) is 16.1 Å². The Kier molecular flexibility index (Phi) is 5.90. The maximum absolute atomic E-state index is 11.0. The van der Waals surface area contributed by atoms with E-state index in [0.717, 1.165) is 55.8 Å². The van der Waals surface area contributed by atoms with Crippen LogP contribution in [0.15, 0.2) is 30.3 Å². The number of aromatic nitrogens is 1. The van der Waals surface area contributed by atoms with Crippen LogP contribution in [0, 0.1) is 5.41 Å². The van der Waals surface area contributed by atoms with Crippen molar-refractivity contribution in [1.29, 1.82) is 5.41 Å². The highest BCUT2D eigenvalue weighted by atomic mass is 16.1. The Labute approximate surface area is 172 Å². The van der Waals surface area contributed by atoms with Gasteiger partial charge in [-0.2, -0.15) is 0 Å². The predicted octanol–water partition coefficient (Wildman–Crippen LogP) is 3.26. The molecule has 2 aliphatic rings. The zero-order valence-electron chi connectivity index (χ0n) is 16.8. The van der Waals surface area contributed by atoms with E-state index in [1.807, 2.05) is 11.0 Å². The standard InChI is InChI=1S/C23H29N5O/c24-14-20-13-21(18-7-11-28(16-29)12-8-18)26-23(22(20)25)19-5-3-17(4-6-19)15-27-9-1-2-10-27/h3-6,13-14,16,18,24H,1-2,7-12,15,25H2. The van der Waals surface area contributed by atoms with E-state index in [2.05, 4.69) is 29.2 Å². The third-order valence-corrected chi connectivity index (χ3v) is 6.20. The highest BCUT2D eigenvalue weighted by molar-refractivity contribution is 5.91. The summed E-state index contributed by atoms with van der Waals surface area (Å²) >= 11 is 0. The molecule has 0 saturated carbocycles. The lowest BCUT2D eigenvalue weighted by molar-refractivity contribution is -0.119. The lowest BCUT2D eigenvalue weighted by atomic mass is 9.91. The summed E-state index contributed by atoms with van der Waals surface area (Å²) in [5.41, 5.74) is 11.7. The molecule has 0 atom stereocenters. The highest BCUT2D eigenvalue weighted by Crippen LogP contribution is 2.33. The molecule has 0 bridgehead atoms. The molecule has 2 saturated heterocycles. The van der Waals surface area contributed by atoms with Gasteiger partial charge in [0.15, 0.2) is 0 Å². The fourth-order valence-electron chi connectivity index (χ4n) is 4.41. The molecule has 1 aromatic carbocycles. The molecular weight excluding hydrogens is 362 g/mol. The van der Waals surface area contributed by atoms with Crippen molar-refractivity contribution in [3.63, 3.8) is 0 Å². The third-order valence-electron chi connectivity index (χ3n) is 6.20. The Morgan fingerprint density at radius 3 is 2.41 bits per heavy atom. The van der Waals surface area contributed by atoms with E-state index in [9.17, 15) is 4.79 Å². The van der Waals surface area contributed by atoms with Gasteiger partial charge in [0.1, 0.15) is 0 Å². The van der Waals surface area contributed by atoms with Crippen LogP contribution >= 0.6 is 0 Å². The number of amides is 1. The molecule has 152 valence electrons. The van der Waals surface area contributed by atoms with Crippen LogP contribution in [0.25, 0.3) is 11.3 Å². The molecule has 3 N–H and O–H groups in total. The molecule has 0 spiro atoms. The number of nitrogens with zero attached hydrogens (tertiary/aromatic N) is 3. The smallest absolute Gasteiger partial charge is 0.209 e. The van der Waals surface area contributed by atoms with Crippen molar-refractivity contribution in [2.24, 2.45) is 0 Å². The minimum Gasteiger partial charge on any atom is -0.396 e. The largest absolute Gasteiger partial charge is 0.396 e. The number of nitrogen functional groups attached to an aromatic ring is 1. The van der Waals surface area contributed by atoms with E-state index in [1.54, 1.807) is 0 Å². The van der Waals surface area contributed by atoms with Gasteiger partial charge >= 0.3 is 0 Å². The molecule has 6 nitrogen and oxygen atoms in total. The van der Waals surface area contributed by atoms with Crippen LogP contribution in [0.5, 0.6) is 0 Å². The summed E-state index contributed by atoms with van der Waals surface area (Å²) in [7, 11) is 0. The summed E-state index contributed by atoms with van der Waals surface area (Å²) in [4.78, 5) is 20.2. The van der Waals surface area contributed by atoms with Crippen molar-refractivity contribution >= 4 is 18.3 Å². The van der Waals surface area contributed by atoms with Crippen LogP contribution in [-0.2, 0) is 11.3 Å². The van der Waals surface area contributed by atoms with Crippen molar-refractivity contribution in [3.05, 3.63) is 47.2 Å². The second-order valence-corrected chi connectivity index (χ2v) is 8.14. The topological polar surface area (TPSA) is 86.3 Å². The van der Waals surface area contributed by atoms with Crippen molar-refractivity contribution in [1.82, 2.24) is 14.8 Å². The monoisotopic (exact) mass is 391 g/mol. The normalized spacial score (nSPS) is 18.1. The van der Waals surface area contributed by atoms with Gasteiger partial charge in [0, 0.05) is 48.6 Å². The fourth-order valence-corrected chi connectivity index (χ4v) is 4.41. The van der Waals surface area contributed by atoms with Crippen molar-refractivity contribution < 1.29 is 4.79 Å². The molecule has 2 fully saturated rings. The molecule has 0 radical (unpaired) electrons. The van der Waals surface area contributed by atoms with Gasteiger partial charge in [0.05, 0.1) is 11.4 Å². The van der Waals surface area contributed by atoms with Crippen LogP contribution in [0.3, 0.4) is 0 Å². The number of likely N-dealkylation sites (tertiary alicyclic amines) is 2. The van der Waals surface area contributed by atoms with E-state index in [1.165, 1.54) is 37.7 Å². The number of pyridine rings is 1. The molecule has 2 aromatic rings. The molecular formula is C23H29N5O. The Morgan fingerprint density at radius 2 is 1.79 bits per heavy atom. The fraction of sp³-hybridized carbons (Fsp3) is 0.435. The zero-order valence-corrected chi connectivity index (χ0v) is 16.8. The average Bonchev–Trinajstić information content (AvgIpc) is 3.28. The number of benzene rings is 1. The minimum atomic E-state index is 0.290. The molecule has 0 aliphatic carbocycles. The molecule has 1 aromatic heterocycles.